The zero-order chi connectivity index (χ0) is 82.9. The molecule has 0 unspecified atom stereocenters. The first-order chi connectivity index (χ1) is 61.8. The van der Waals surface area contributed by atoms with Crippen molar-refractivity contribution in [3.8, 4) is 170 Å². The van der Waals surface area contributed by atoms with Crippen molar-refractivity contribution in [3.05, 3.63) is 401 Å². The fourth-order valence-corrected chi connectivity index (χ4v) is 15.4. The molecule has 17 heteroatoms. The molecule has 588 valence electrons. The van der Waals surface area contributed by atoms with Crippen LogP contribution in [0.4, 0.5) is 0 Å². The molecule has 0 aliphatic rings. The first kappa shape index (κ1) is 73.9. The molecule has 0 N–H and O–H groups in total. The van der Waals surface area contributed by atoms with Crippen molar-refractivity contribution in [2.24, 2.45) is 0 Å². The normalized spacial score (nSPS) is 11.4. The van der Waals surface area contributed by atoms with Gasteiger partial charge in [-0.3, -0.25) is 9.97 Å². The van der Waals surface area contributed by atoms with Crippen LogP contribution in [0.3, 0.4) is 0 Å². The summed E-state index contributed by atoms with van der Waals surface area (Å²) in [4.78, 5) is 61.3. The zero-order valence-electron chi connectivity index (χ0n) is 66.5. The Bertz CT molecular complexity index is 7370. The molecule has 0 saturated carbocycles. The molecule has 0 aliphatic heterocycles. The minimum atomic E-state index is 0.571. The Balaban J connectivity index is 0.499. The largest absolute Gasteiger partial charge is 0.457 e. The molecule has 0 fully saturated rings. The Morgan fingerprint density at radius 1 is 0.128 bits per heavy atom. The third-order valence-electron chi connectivity index (χ3n) is 21.6. The van der Waals surface area contributed by atoms with E-state index in [-0.39, 0.29) is 0 Å². The van der Waals surface area contributed by atoms with Gasteiger partial charge < -0.3 is 23.7 Å². The molecule has 6 heterocycles. The van der Waals surface area contributed by atoms with E-state index < -0.39 is 0 Å². The quantitative estimate of drug-likeness (QED) is 0.0697. The average Bonchev–Trinajstić information content (AvgIpc) is 0.783. The van der Waals surface area contributed by atoms with E-state index in [1.807, 2.05) is 388 Å². The molecule has 6 aromatic heterocycles. The van der Waals surface area contributed by atoms with Gasteiger partial charge in [-0.1, -0.05) is 182 Å². The third-order valence-corrected chi connectivity index (χ3v) is 21.6. The standard InChI is InChI=1S/C108H66N12O5/c1-7-19-67(20-8-1)99-65-109-93-59-81(47-53-87(93)111-99)123-83-49-55-89-95(61-83)117-105(101(113-89)69-23-11-3-12-24-69)73-31-39-77(40-32-73)121-79-43-35-75(36-44-79)107-103(71-27-15-5-16-28-71)115-91-57-51-85(63-97(91)119-107)125-86-52-58-92-98(64-86)120-108(104(116-92)72-29-17-6-18-30-72)76-37-45-80(46-38-76)122-78-41-33-74(34-42-78)106-102(70-25-13-4-14-26-70)114-90-56-50-84(62-96(90)118-106)124-82-48-54-88-94(60-82)110-66-100(112-88)68-21-9-2-10-22-68/h1-66H. The molecule has 17 nitrogen and oxygen atoms in total. The molecular formula is C108H66N12O5. The minimum Gasteiger partial charge on any atom is -0.457 e. The van der Waals surface area contributed by atoms with Gasteiger partial charge in [0.25, 0.3) is 0 Å². The second-order valence-corrected chi connectivity index (χ2v) is 29.9. The van der Waals surface area contributed by atoms with Crippen LogP contribution in [0.15, 0.2) is 401 Å². The Morgan fingerprint density at radius 3 is 0.520 bits per heavy atom. The van der Waals surface area contributed by atoms with Crippen LogP contribution >= 0.6 is 0 Å². The van der Waals surface area contributed by atoms with Gasteiger partial charge in [0.2, 0.25) is 0 Å². The fourth-order valence-electron chi connectivity index (χ4n) is 15.4. The summed E-state index contributed by atoms with van der Waals surface area (Å²) >= 11 is 0. The summed E-state index contributed by atoms with van der Waals surface area (Å²) in [5.74, 6) is 6.19. The molecule has 0 atom stereocenters. The van der Waals surface area contributed by atoms with Crippen LogP contribution in [0.5, 0.6) is 57.5 Å². The number of aromatic nitrogens is 12. The van der Waals surface area contributed by atoms with Crippen molar-refractivity contribution in [1.82, 2.24) is 59.8 Å². The van der Waals surface area contributed by atoms with Crippen LogP contribution in [0.1, 0.15) is 0 Å². The van der Waals surface area contributed by atoms with Crippen LogP contribution in [0.25, 0.3) is 179 Å². The number of fused-ring (bicyclic) bond motifs is 6. The van der Waals surface area contributed by atoms with Gasteiger partial charge in [-0.15, -0.1) is 0 Å². The van der Waals surface area contributed by atoms with Crippen LogP contribution in [-0.4, -0.2) is 59.8 Å². The third kappa shape index (κ3) is 15.5. The van der Waals surface area contributed by atoms with Gasteiger partial charge in [-0.2, -0.15) is 0 Å². The Kier molecular flexibility index (Phi) is 19.1. The average molecular weight is 1610 g/mol. The highest BCUT2D eigenvalue weighted by atomic mass is 16.5. The predicted molar refractivity (Wildman–Crippen MR) is 492 cm³/mol. The van der Waals surface area contributed by atoms with E-state index in [9.17, 15) is 0 Å². The van der Waals surface area contributed by atoms with E-state index in [2.05, 4.69) is 0 Å². The molecule has 0 radical (unpaired) electrons. The summed E-state index contributed by atoms with van der Waals surface area (Å²) in [6, 6.07) is 127. The molecule has 0 saturated heterocycles. The monoisotopic (exact) mass is 1610 g/mol. The van der Waals surface area contributed by atoms with E-state index in [1.54, 1.807) is 12.4 Å². The number of ether oxygens (including phenoxy) is 5. The van der Waals surface area contributed by atoms with Crippen molar-refractivity contribution in [1.29, 1.82) is 0 Å². The van der Waals surface area contributed by atoms with Crippen molar-refractivity contribution in [2.45, 2.75) is 0 Å². The summed E-state index contributed by atoms with van der Waals surface area (Å²) in [7, 11) is 0. The van der Waals surface area contributed by atoms with Crippen molar-refractivity contribution in [2.75, 3.05) is 0 Å². The lowest BCUT2D eigenvalue weighted by atomic mass is 10.0. The first-order valence-corrected chi connectivity index (χ1v) is 40.7. The molecule has 0 bridgehead atoms. The maximum atomic E-state index is 6.70. The predicted octanol–water partition coefficient (Wildman–Crippen LogP) is 27.0. The van der Waals surface area contributed by atoms with E-state index in [4.69, 9.17) is 83.5 Å². The van der Waals surface area contributed by atoms with E-state index in [0.29, 0.717) is 113 Å². The second kappa shape index (κ2) is 32.4. The Labute approximate surface area is 716 Å². The van der Waals surface area contributed by atoms with Crippen molar-refractivity contribution >= 4 is 66.2 Å². The zero-order valence-corrected chi connectivity index (χ0v) is 66.5. The van der Waals surface area contributed by atoms with Crippen molar-refractivity contribution in [3.63, 3.8) is 0 Å². The summed E-state index contributed by atoms with van der Waals surface area (Å²) in [5, 5.41) is 0. The lowest BCUT2D eigenvalue weighted by Crippen LogP contribution is -1.97. The number of rotatable bonds is 20. The molecule has 0 amide bonds. The highest BCUT2D eigenvalue weighted by molar-refractivity contribution is 5.93. The smallest absolute Gasteiger partial charge is 0.129 e. The SMILES string of the molecule is c1ccc(-c2cnc3cc(Oc4ccc5nc(-c6ccccc6)c(-c6ccc(Oc7ccc(-c8nc9cc(Oc%10ccc%11nc(-c%12ccccc%12)c(-c%12ccc(Oc%13ccc(-c%14nc%15cc(Oc%16ccc%17nc(-c%18ccccc%18)cnc%17c%16)ccc%15nc%14-c%14ccccc%14)cc%13)cc%12)nc%11c%10)ccc9nc8-c8ccccc8)cc7)cc6)nc5c4)ccc3n2)cc1. The van der Waals surface area contributed by atoms with E-state index in [1.165, 1.54) is 0 Å². The molecule has 22 aromatic rings. The Hall–Kier alpha value is -17.4. The molecular weight excluding hydrogens is 1550 g/mol. The van der Waals surface area contributed by atoms with Crippen molar-refractivity contribution < 1.29 is 23.7 Å². The van der Waals surface area contributed by atoms with E-state index in [0.717, 1.165) is 123 Å². The summed E-state index contributed by atoms with van der Waals surface area (Å²) in [5.41, 5.74) is 25.1. The molecule has 0 spiro atoms. The maximum absolute atomic E-state index is 6.70. The van der Waals surface area contributed by atoms with Gasteiger partial charge in [0.05, 0.1) is 136 Å². The highest BCUT2D eigenvalue weighted by Crippen LogP contribution is 2.42. The van der Waals surface area contributed by atoms with Gasteiger partial charge >= 0.3 is 0 Å². The van der Waals surface area contributed by atoms with Crippen LogP contribution in [0, 0.1) is 0 Å². The lowest BCUT2D eigenvalue weighted by molar-refractivity contribution is 0.482. The van der Waals surface area contributed by atoms with Crippen LogP contribution in [0.2, 0.25) is 0 Å². The fraction of sp³-hybridized carbons (Fsp3) is 0. The minimum absolute atomic E-state index is 0.571. The van der Waals surface area contributed by atoms with Gasteiger partial charge in [-0.25, -0.2) is 49.8 Å². The maximum Gasteiger partial charge on any atom is 0.129 e. The van der Waals surface area contributed by atoms with Gasteiger partial charge in [0, 0.05) is 92.0 Å². The van der Waals surface area contributed by atoms with Gasteiger partial charge in [0.15, 0.2) is 0 Å². The highest BCUT2D eigenvalue weighted by Gasteiger charge is 2.22. The molecule has 22 rings (SSSR count). The number of benzene rings is 16. The molecule has 125 heavy (non-hydrogen) atoms. The topological polar surface area (TPSA) is 201 Å². The lowest BCUT2D eigenvalue weighted by Gasteiger charge is -2.14. The first-order valence-electron chi connectivity index (χ1n) is 40.7. The Morgan fingerprint density at radius 2 is 0.296 bits per heavy atom. The number of hydrogen-bond donors (Lipinski definition) is 0. The number of hydrogen-bond acceptors (Lipinski definition) is 17. The van der Waals surface area contributed by atoms with Gasteiger partial charge in [-0.05, 0) is 170 Å². The molecule has 16 aromatic carbocycles. The summed E-state index contributed by atoms with van der Waals surface area (Å²) in [6.45, 7) is 0. The van der Waals surface area contributed by atoms with Crippen LogP contribution in [-0.2, 0) is 0 Å². The van der Waals surface area contributed by atoms with Crippen LogP contribution < -0.4 is 23.7 Å². The van der Waals surface area contributed by atoms with E-state index >= 15 is 0 Å². The second-order valence-electron chi connectivity index (χ2n) is 29.9. The summed E-state index contributed by atoms with van der Waals surface area (Å²) < 4.78 is 32.7. The summed E-state index contributed by atoms with van der Waals surface area (Å²) in [6.07, 6.45) is 3.58. The number of nitrogens with zero attached hydrogens (tertiary/aromatic N) is 12. The van der Waals surface area contributed by atoms with Gasteiger partial charge in [0.1, 0.15) is 57.5 Å². The molecule has 0 aliphatic carbocycles.